The van der Waals surface area contributed by atoms with Crippen LogP contribution in [0.4, 0.5) is 5.82 Å². The van der Waals surface area contributed by atoms with E-state index in [1.165, 1.54) is 17.1 Å². The van der Waals surface area contributed by atoms with Crippen LogP contribution in [-0.4, -0.2) is 66.0 Å². The number of carbonyl (C=O) groups is 1. The number of nitrogens with one attached hydrogen (secondary N) is 1. The number of nitrogens with zero attached hydrogens (tertiary/aromatic N) is 3. The Morgan fingerprint density at radius 3 is 2.77 bits per heavy atom. The fraction of sp³-hybridized carbons (Fsp3) is 0.417. The fourth-order valence-corrected chi connectivity index (χ4v) is 2.38. The van der Waals surface area contributed by atoms with Crippen molar-refractivity contribution >= 4 is 12.1 Å². The Hall–Kier alpha value is -2.27. The minimum absolute atomic E-state index is 0.140. The molecule has 118 valence electrons. The van der Waals surface area contributed by atoms with Gasteiger partial charge in [-0.05, 0) is 0 Å². The van der Waals surface area contributed by atoms with Gasteiger partial charge in [-0.1, -0.05) is 0 Å². The van der Waals surface area contributed by atoms with Crippen molar-refractivity contribution in [2.45, 2.75) is 24.5 Å². The standard InChI is InChI=1S/C12H15N5O5/c13-10-7(11-14-1-5(2-18)16-11)15-4-17(10)12-9(21)8(20)6(3-19)22-12/h1-2,4,6,8-9,12,19-21H,3,13H2,(H,14,16)/t6-,8-,9-,12-/m1/s1. The first kappa shape index (κ1) is 14.7. The third kappa shape index (κ3) is 2.18. The van der Waals surface area contributed by atoms with Crippen molar-refractivity contribution in [2.24, 2.45) is 0 Å². The van der Waals surface area contributed by atoms with Crippen molar-refractivity contribution in [2.75, 3.05) is 12.3 Å². The number of nitrogens with two attached hydrogens (primary N) is 1. The fourth-order valence-electron chi connectivity index (χ4n) is 2.38. The molecule has 1 fully saturated rings. The first-order valence-corrected chi connectivity index (χ1v) is 6.52. The lowest BCUT2D eigenvalue weighted by atomic mass is 10.1. The lowest BCUT2D eigenvalue weighted by Gasteiger charge is -2.17. The number of aliphatic hydroxyl groups is 3. The highest BCUT2D eigenvalue weighted by Crippen LogP contribution is 2.33. The van der Waals surface area contributed by atoms with Crippen molar-refractivity contribution in [3.8, 4) is 11.5 Å². The number of nitrogen functional groups attached to an aromatic ring is 1. The van der Waals surface area contributed by atoms with Crippen LogP contribution in [0, 0.1) is 0 Å². The number of aromatic nitrogens is 4. The minimum Gasteiger partial charge on any atom is -0.394 e. The van der Waals surface area contributed by atoms with Gasteiger partial charge in [-0.15, -0.1) is 0 Å². The van der Waals surface area contributed by atoms with Gasteiger partial charge in [0, 0.05) is 0 Å². The monoisotopic (exact) mass is 309 g/mol. The Labute approximate surface area is 124 Å². The van der Waals surface area contributed by atoms with E-state index in [4.69, 9.17) is 15.6 Å². The van der Waals surface area contributed by atoms with E-state index in [-0.39, 0.29) is 17.2 Å². The molecule has 3 rings (SSSR count). The van der Waals surface area contributed by atoms with Crippen LogP contribution < -0.4 is 5.73 Å². The molecule has 1 aliphatic rings. The summed E-state index contributed by atoms with van der Waals surface area (Å²) in [6, 6.07) is 0. The maximum absolute atomic E-state index is 10.7. The molecule has 2 aromatic heterocycles. The minimum atomic E-state index is -1.26. The number of aromatic amines is 1. The quantitative estimate of drug-likeness (QED) is 0.417. The van der Waals surface area contributed by atoms with Gasteiger partial charge in [0.15, 0.2) is 18.3 Å². The summed E-state index contributed by atoms with van der Waals surface area (Å²) in [6.07, 6.45) is -1.10. The van der Waals surface area contributed by atoms with Crippen LogP contribution in [0.15, 0.2) is 12.5 Å². The zero-order valence-electron chi connectivity index (χ0n) is 11.3. The summed E-state index contributed by atoms with van der Waals surface area (Å²) in [4.78, 5) is 21.5. The van der Waals surface area contributed by atoms with E-state index >= 15 is 0 Å². The number of carbonyl (C=O) groups excluding carboxylic acids is 1. The maximum Gasteiger partial charge on any atom is 0.167 e. The summed E-state index contributed by atoms with van der Waals surface area (Å²) in [5.41, 5.74) is 6.54. The zero-order valence-corrected chi connectivity index (χ0v) is 11.3. The number of H-pyrrole nitrogens is 1. The van der Waals surface area contributed by atoms with E-state index in [0.717, 1.165) is 0 Å². The van der Waals surface area contributed by atoms with Crippen LogP contribution in [0.5, 0.6) is 0 Å². The number of hydrogen-bond donors (Lipinski definition) is 5. The maximum atomic E-state index is 10.7. The first-order chi connectivity index (χ1) is 10.6. The van der Waals surface area contributed by atoms with Crippen molar-refractivity contribution < 1.29 is 24.9 Å². The SMILES string of the molecule is Nc1c(-c2ncc(C=O)[nH]2)ncn1[C@@H]1O[C@H](CO)[C@@H](O)[C@H]1O. The number of aliphatic hydroxyl groups excluding tert-OH is 3. The average Bonchev–Trinajstić information content (AvgIpc) is 3.19. The van der Waals surface area contributed by atoms with Gasteiger partial charge in [0.05, 0.1) is 24.8 Å². The Morgan fingerprint density at radius 2 is 2.18 bits per heavy atom. The average molecular weight is 309 g/mol. The van der Waals surface area contributed by atoms with E-state index in [1.54, 1.807) is 0 Å². The van der Waals surface area contributed by atoms with Crippen molar-refractivity contribution in [1.29, 1.82) is 0 Å². The molecule has 0 aromatic carbocycles. The Bertz CT molecular complexity index is 683. The van der Waals surface area contributed by atoms with Crippen LogP contribution in [0.3, 0.4) is 0 Å². The van der Waals surface area contributed by atoms with Gasteiger partial charge in [-0.2, -0.15) is 0 Å². The number of ether oxygens (including phenoxy) is 1. The largest absolute Gasteiger partial charge is 0.394 e. The molecule has 2 aromatic rings. The third-order valence-electron chi connectivity index (χ3n) is 3.57. The summed E-state index contributed by atoms with van der Waals surface area (Å²) < 4.78 is 6.72. The van der Waals surface area contributed by atoms with Gasteiger partial charge in [0.2, 0.25) is 0 Å². The van der Waals surface area contributed by atoms with Crippen LogP contribution in [0.2, 0.25) is 0 Å². The van der Waals surface area contributed by atoms with Crippen LogP contribution in [0.1, 0.15) is 16.7 Å². The summed E-state index contributed by atoms with van der Waals surface area (Å²) in [5.74, 6) is 0.437. The molecule has 4 atom stereocenters. The first-order valence-electron chi connectivity index (χ1n) is 6.52. The molecule has 0 amide bonds. The van der Waals surface area contributed by atoms with E-state index in [9.17, 15) is 15.0 Å². The second-order valence-electron chi connectivity index (χ2n) is 4.92. The molecule has 1 saturated heterocycles. The summed E-state index contributed by atoms with van der Waals surface area (Å²) in [6.45, 7) is -0.433. The molecule has 0 bridgehead atoms. The highest BCUT2D eigenvalue weighted by molar-refractivity contribution is 5.74. The predicted molar refractivity (Wildman–Crippen MR) is 72.6 cm³/mol. The smallest absolute Gasteiger partial charge is 0.167 e. The van der Waals surface area contributed by atoms with Gasteiger partial charge in [0.1, 0.15) is 29.8 Å². The molecule has 10 nitrogen and oxygen atoms in total. The number of aldehydes is 1. The van der Waals surface area contributed by atoms with Gasteiger partial charge in [-0.25, -0.2) is 9.97 Å². The molecule has 6 N–H and O–H groups in total. The molecule has 0 radical (unpaired) electrons. The molecule has 10 heteroatoms. The topological polar surface area (TPSA) is 160 Å². The van der Waals surface area contributed by atoms with Gasteiger partial charge >= 0.3 is 0 Å². The normalized spacial score (nSPS) is 28.1. The molecule has 1 aliphatic heterocycles. The number of rotatable bonds is 4. The van der Waals surface area contributed by atoms with E-state index in [0.29, 0.717) is 12.1 Å². The van der Waals surface area contributed by atoms with Gasteiger partial charge in [-0.3, -0.25) is 9.36 Å². The van der Waals surface area contributed by atoms with Gasteiger partial charge < -0.3 is 30.8 Å². The van der Waals surface area contributed by atoms with Crippen LogP contribution in [-0.2, 0) is 4.74 Å². The Morgan fingerprint density at radius 1 is 1.41 bits per heavy atom. The number of hydrogen-bond acceptors (Lipinski definition) is 8. The Balaban J connectivity index is 1.92. The summed E-state index contributed by atoms with van der Waals surface area (Å²) in [5, 5.41) is 28.9. The highest BCUT2D eigenvalue weighted by atomic mass is 16.6. The van der Waals surface area contributed by atoms with Gasteiger partial charge in [0.25, 0.3) is 0 Å². The van der Waals surface area contributed by atoms with Crippen molar-refractivity contribution in [3.05, 3.63) is 18.2 Å². The molecular weight excluding hydrogens is 294 g/mol. The second-order valence-corrected chi connectivity index (χ2v) is 4.92. The predicted octanol–water partition coefficient (Wildman–Crippen LogP) is -1.72. The number of anilines is 1. The van der Waals surface area contributed by atoms with Crippen LogP contribution >= 0.6 is 0 Å². The molecule has 0 aliphatic carbocycles. The highest BCUT2D eigenvalue weighted by Gasteiger charge is 2.44. The third-order valence-corrected chi connectivity index (χ3v) is 3.57. The molecule has 0 saturated carbocycles. The lowest BCUT2D eigenvalue weighted by Crippen LogP contribution is -2.33. The molecule has 3 heterocycles. The van der Waals surface area contributed by atoms with E-state index in [1.807, 2.05) is 0 Å². The summed E-state index contributed by atoms with van der Waals surface area (Å²) >= 11 is 0. The van der Waals surface area contributed by atoms with E-state index < -0.39 is 31.1 Å². The Kier molecular flexibility index (Phi) is 3.66. The molecule has 0 unspecified atom stereocenters. The van der Waals surface area contributed by atoms with E-state index in [2.05, 4.69) is 15.0 Å². The molecule has 22 heavy (non-hydrogen) atoms. The molecule has 0 spiro atoms. The zero-order chi connectivity index (χ0) is 15.9. The van der Waals surface area contributed by atoms with Crippen LogP contribution in [0.25, 0.3) is 11.5 Å². The number of imidazole rings is 2. The van der Waals surface area contributed by atoms with Crippen molar-refractivity contribution in [3.63, 3.8) is 0 Å². The summed E-state index contributed by atoms with van der Waals surface area (Å²) in [7, 11) is 0. The lowest BCUT2D eigenvalue weighted by molar-refractivity contribution is -0.0517. The molecular formula is C12H15N5O5. The second kappa shape index (κ2) is 5.50. The van der Waals surface area contributed by atoms with Crippen molar-refractivity contribution in [1.82, 2.24) is 19.5 Å².